The van der Waals surface area contributed by atoms with Crippen LogP contribution in [0.2, 0.25) is 0 Å². The van der Waals surface area contributed by atoms with E-state index in [1.54, 1.807) is 6.07 Å². The highest BCUT2D eigenvalue weighted by atomic mass is 16.1. The van der Waals surface area contributed by atoms with Gasteiger partial charge in [-0.15, -0.1) is 0 Å². The third-order valence-electron chi connectivity index (χ3n) is 5.00. The summed E-state index contributed by atoms with van der Waals surface area (Å²) < 4.78 is 1.53. The van der Waals surface area contributed by atoms with Gasteiger partial charge in [-0.3, -0.25) is 9.89 Å². The summed E-state index contributed by atoms with van der Waals surface area (Å²) >= 11 is 0. The summed E-state index contributed by atoms with van der Waals surface area (Å²) in [6.45, 7) is 1.98. The summed E-state index contributed by atoms with van der Waals surface area (Å²) in [5.41, 5.74) is 6.41. The number of aryl methyl sites for hydroxylation is 1. The van der Waals surface area contributed by atoms with Crippen molar-refractivity contribution in [1.29, 1.82) is 0 Å². The van der Waals surface area contributed by atoms with Crippen molar-refractivity contribution in [3.63, 3.8) is 0 Å². The fraction of sp³-hybridized carbons (Fsp3) is 0.0909. The van der Waals surface area contributed by atoms with Crippen LogP contribution in [-0.2, 0) is 6.42 Å². The second-order valence-electron chi connectivity index (χ2n) is 6.80. The molecule has 0 aliphatic rings. The van der Waals surface area contributed by atoms with Crippen LogP contribution < -0.4 is 5.56 Å². The summed E-state index contributed by atoms with van der Waals surface area (Å²) in [7, 11) is 0. The molecule has 0 saturated carbocycles. The van der Waals surface area contributed by atoms with E-state index in [4.69, 9.17) is 4.98 Å². The molecule has 5 heteroatoms. The van der Waals surface area contributed by atoms with E-state index in [2.05, 4.69) is 22.2 Å². The van der Waals surface area contributed by atoms with Gasteiger partial charge in [-0.2, -0.15) is 0 Å². The number of fused-ring (bicyclic) bond motifs is 2. The molecule has 3 heterocycles. The van der Waals surface area contributed by atoms with Crippen molar-refractivity contribution >= 4 is 16.6 Å². The van der Waals surface area contributed by atoms with E-state index in [1.165, 1.54) is 10.1 Å². The molecule has 5 nitrogen and oxygen atoms in total. The first kappa shape index (κ1) is 15.6. The minimum Gasteiger partial charge on any atom is -0.361 e. The lowest BCUT2D eigenvalue weighted by Gasteiger charge is -2.04. The zero-order valence-corrected chi connectivity index (χ0v) is 14.9. The van der Waals surface area contributed by atoms with Gasteiger partial charge < -0.3 is 4.98 Å². The van der Waals surface area contributed by atoms with Gasteiger partial charge in [0.15, 0.2) is 5.65 Å². The molecular weight excluding hydrogens is 336 g/mol. The third kappa shape index (κ3) is 2.64. The monoisotopic (exact) mass is 354 g/mol. The largest absolute Gasteiger partial charge is 0.361 e. The quantitative estimate of drug-likeness (QED) is 0.513. The Bertz CT molecular complexity index is 1330. The zero-order chi connectivity index (χ0) is 18.4. The summed E-state index contributed by atoms with van der Waals surface area (Å²) in [6.07, 6.45) is 2.64. The maximum atomic E-state index is 12.7. The zero-order valence-electron chi connectivity index (χ0n) is 14.9. The third-order valence-corrected chi connectivity index (χ3v) is 5.00. The Labute approximate surface area is 155 Å². The van der Waals surface area contributed by atoms with Crippen molar-refractivity contribution in [3.8, 4) is 11.3 Å². The highest BCUT2D eigenvalue weighted by Crippen LogP contribution is 2.24. The number of rotatable bonds is 3. The minimum atomic E-state index is -0.107. The Hall–Kier alpha value is -3.60. The van der Waals surface area contributed by atoms with Crippen molar-refractivity contribution in [1.82, 2.24) is 19.6 Å². The molecule has 5 aromatic rings. The van der Waals surface area contributed by atoms with E-state index in [9.17, 15) is 4.79 Å². The van der Waals surface area contributed by atoms with Crippen LogP contribution in [0, 0.1) is 6.92 Å². The molecular formula is C22H18N4O. The van der Waals surface area contributed by atoms with Crippen molar-refractivity contribution in [2.24, 2.45) is 0 Å². The molecule has 0 atom stereocenters. The molecule has 0 saturated heterocycles. The first-order valence-corrected chi connectivity index (χ1v) is 8.92. The van der Waals surface area contributed by atoms with Crippen LogP contribution in [0.5, 0.6) is 0 Å². The molecule has 0 aliphatic heterocycles. The van der Waals surface area contributed by atoms with Gasteiger partial charge in [0.1, 0.15) is 0 Å². The first-order chi connectivity index (χ1) is 13.2. The fourth-order valence-corrected chi connectivity index (χ4v) is 3.56. The normalized spacial score (nSPS) is 11.4. The van der Waals surface area contributed by atoms with Gasteiger partial charge in [-0.25, -0.2) is 9.50 Å². The standard InChI is InChI=1S/C22H18N4O/c1-14-18(11-15-5-3-2-4-6-15)22-24-20(13-21(27)26(22)25-14)17-8-7-16-9-10-23-19(16)12-17/h2-10,12-13,23,25H,11H2,1H3. The number of hydrogen-bond acceptors (Lipinski definition) is 2. The molecule has 2 aromatic carbocycles. The van der Waals surface area contributed by atoms with Crippen molar-refractivity contribution in [2.75, 3.05) is 0 Å². The van der Waals surface area contributed by atoms with E-state index in [0.29, 0.717) is 11.3 Å². The van der Waals surface area contributed by atoms with Crippen LogP contribution in [0.4, 0.5) is 0 Å². The van der Waals surface area contributed by atoms with E-state index >= 15 is 0 Å². The Morgan fingerprint density at radius 1 is 1.04 bits per heavy atom. The first-order valence-electron chi connectivity index (χ1n) is 8.92. The lowest BCUT2D eigenvalue weighted by molar-refractivity contribution is 0.882. The summed E-state index contributed by atoms with van der Waals surface area (Å²) in [4.78, 5) is 20.7. The summed E-state index contributed by atoms with van der Waals surface area (Å²) in [5.74, 6) is 0. The van der Waals surface area contributed by atoms with E-state index < -0.39 is 0 Å². The molecule has 0 bridgehead atoms. The summed E-state index contributed by atoms with van der Waals surface area (Å²) in [5, 5.41) is 4.29. The van der Waals surface area contributed by atoms with E-state index in [0.717, 1.165) is 34.1 Å². The van der Waals surface area contributed by atoms with Gasteiger partial charge in [-0.1, -0.05) is 42.5 Å². The molecule has 27 heavy (non-hydrogen) atoms. The van der Waals surface area contributed by atoms with Gasteiger partial charge in [0.05, 0.1) is 5.69 Å². The van der Waals surface area contributed by atoms with Crippen LogP contribution >= 0.6 is 0 Å². The second-order valence-corrected chi connectivity index (χ2v) is 6.80. The molecule has 0 unspecified atom stereocenters. The maximum absolute atomic E-state index is 12.7. The number of benzene rings is 2. The van der Waals surface area contributed by atoms with E-state index in [-0.39, 0.29) is 5.56 Å². The van der Waals surface area contributed by atoms with Crippen LogP contribution in [0.3, 0.4) is 0 Å². The number of aromatic nitrogens is 4. The fourth-order valence-electron chi connectivity index (χ4n) is 3.56. The molecule has 0 spiro atoms. The molecule has 0 amide bonds. The lowest BCUT2D eigenvalue weighted by Crippen LogP contribution is -2.14. The van der Waals surface area contributed by atoms with E-state index in [1.807, 2.05) is 55.6 Å². The number of nitrogens with zero attached hydrogens (tertiary/aromatic N) is 2. The van der Waals surface area contributed by atoms with Gasteiger partial charge >= 0.3 is 0 Å². The molecule has 0 aliphatic carbocycles. The average Bonchev–Trinajstić information content (AvgIpc) is 3.27. The number of hydrogen-bond donors (Lipinski definition) is 2. The molecule has 132 valence electrons. The SMILES string of the molecule is Cc1[nH]n2c(=O)cc(-c3ccc4cc[nH]c4c3)nc2c1Cc1ccccc1. The van der Waals surface area contributed by atoms with Crippen LogP contribution in [0.15, 0.2) is 71.7 Å². The average molecular weight is 354 g/mol. The highest BCUT2D eigenvalue weighted by molar-refractivity contribution is 5.84. The Morgan fingerprint density at radius 3 is 2.74 bits per heavy atom. The summed E-state index contributed by atoms with van der Waals surface area (Å²) in [6, 6.07) is 19.9. The Balaban J connectivity index is 1.68. The molecule has 0 fully saturated rings. The maximum Gasteiger partial charge on any atom is 0.273 e. The molecule has 2 N–H and O–H groups in total. The minimum absolute atomic E-state index is 0.107. The predicted molar refractivity (Wildman–Crippen MR) is 107 cm³/mol. The predicted octanol–water partition coefficient (Wildman–Crippen LogP) is 4.07. The van der Waals surface area contributed by atoms with Gasteiger partial charge in [0.2, 0.25) is 0 Å². The Kier molecular flexibility index (Phi) is 3.47. The molecule has 3 aromatic heterocycles. The second kappa shape index (κ2) is 5.99. The number of nitrogens with one attached hydrogen (secondary N) is 2. The van der Waals surface area contributed by atoms with Gasteiger partial charge in [-0.05, 0) is 30.0 Å². The van der Waals surface area contributed by atoms with Gasteiger partial charge in [0, 0.05) is 41.0 Å². The van der Waals surface area contributed by atoms with Crippen LogP contribution in [0.25, 0.3) is 27.8 Å². The number of H-pyrrole nitrogens is 2. The molecule has 5 rings (SSSR count). The smallest absolute Gasteiger partial charge is 0.273 e. The topological polar surface area (TPSA) is 65.9 Å². The van der Waals surface area contributed by atoms with Gasteiger partial charge in [0.25, 0.3) is 5.56 Å². The van der Waals surface area contributed by atoms with Crippen molar-refractivity contribution in [3.05, 3.63) is 94.0 Å². The van der Waals surface area contributed by atoms with Crippen LogP contribution in [0.1, 0.15) is 16.8 Å². The molecule has 0 radical (unpaired) electrons. The number of aromatic amines is 2. The lowest BCUT2D eigenvalue weighted by atomic mass is 10.1. The van der Waals surface area contributed by atoms with Crippen molar-refractivity contribution < 1.29 is 0 Å². The highest BCUT2D eigenvalue weighted by Gasteiger charge is 2.14. The van der Waals surface area contributed by atoms with Crippen LogP contribution in [-0.4, -0.2) is 19.6 Å². The Morgan fingerprint density at radius 2 is 1.89 bits per heavy atom. The van der Waals surface area contributed by atoms with Crippen molar-refractivity contribution in [2.45, 2.75) is 13.3 Å².